The Hall–Kier alpha value is -1.47. The molecule has 5 aliphatic rings. The van der Waals surface area contributed by atoms with Crippen molar-refractivity contribution >= 4 is 5.97 Å². The van der Waals surface area contributed by atoms with Crippen LogP contribution in [0.5, 0.6) is 0 Å². The number of hydrogen-bond donors (Lipinski definition) is 1. The normalized spacial score (nSPS) is 44.9. The van der Waals surface area contributed by atoms with Crippen LogP contribution in [0.15, 0.2) is 24.3 Å². The standard InChI is InChI=1S/C24H32O6/c1-14-4-9-19-15(2)22(27-13-16-5-7-17(8-6-16)21(25)26)28-20-12-23(3)11-10-18(14)24(19,20)30-29-23/h5-8,14-15,18-20,22H,4,9-13H2,1-3H3,(H,25,26)/t14-,15-,18+,19+,20-,22+,23+,24-/m1/s1. The molecule has 2 bridgehead atoms. The molecule has 0 amide bonds. The fourth-order valence-electron chi connectivity index (χ4n) is 6.53. The lowest BCUT2D eigenvalue weighted by molar-refractivity contribution is -0.496. The van der Waals surface area contributed by atoms with Gasteiger partial charge in [-0.25, -0.2) is 14.6 Å². The summed E-state index contributed by atoms with van der Waals surface area (Å²) in [5, 5.41) is 9.08. The van der Waals surface area contributed by atoms with Gasteiger partial charge in [0.05, 0.1) is 18.3 Å². The van der Waals surface area contributed by atoms with E-state index in [1.807, 2.05) is 12.1 Å². The highest BCUT2D eigenvalue weighted by Crippen LogP contribution is 2.61. The van der Waals surface area contributed by atoms with E-state index in [1.165, 1.54) is 6.42 Å². The van der Waals surface area contributed by atoms with Crippen LogP contribution in [0, 0.1) is 23.7 Å². The molecule has 0 radical (unpaired) electrons. The van der Waals surface area contributed by atoms with Gasteiger partial charge < -0.3 is 14.6 Å². The highest BCUT2D eigenvalue weighted by atomic mass is 17.2. The topological polar surface area (TPSA) is 74.2 Å². The molecule has 0 aromatic heterocycles. The average molecular weight is 417 g/mol. The highest BCUT2D eigenvalue weighted by Gasteiger charge is 2.68. The molecule has 1 aromatic rings. The number of carbonyl (C=O) groups is 1. The fraction of sp³-hybridized carbons (Fsp3) is 0.708. The molecule has 2 aliphatic carbocycles. The van der Waals surface area contributed by atoms with Crippen LogP contribution in [0.3, 0.4) is 0 Å². The van der Waals surface area contributed by atoms with Crippen molar-refractivity contribution in [1.82, 2.24) is 0 Å². The molecule has 8 atom stereocenters. The highest BCUT2D eigenvalue weighted by molar-refractivity contribution is 5.87. The van der Waals surface area contributed by atoms with E-state index in [2.05, 4.69) is 20.8 Å². The van der Waals surface area contributed by atoms with Gasteiger partial charge in [-0.15, -0.1) is 0 Å². The first-order valence-corrected chi connectivity index (χ1v) is 11.3. The van der Waals surface area contributed by atoms with E-state index in [-0.39, 0.29) is 35.1 Å². The van der Waals surface area contributed by atoms with Crippen LogP contribution in [0.2, 0.25) is 0 Å². The van der Waals surface area contributed by atoms with Gasteiger partial charge in [-0.3, -0.25) is 0 Å². The first kappa shape index (κ1) is 20.4. The van der Waals surface area contributed by atoms with Crippen molar-refractivity contribution < 1.29 is 29.1 Å². The predicted molar refractivity (Wildman–Crippen MR) is 109 cm³/mol. The van der Waals surface area contributed by atoms with E-state index in [0.717, 1.165) is 31.2 Å². The zero-order chi connectivity index (χ0) is 21.1. The molecule has 5 fully saturated rings. The van der Waals surface area contributed by atoms with Crippen LogP contribution in [0.4, 0.5) is 0 Å². The van der Waals surface area contributed by atoms with Crippen LogP contribution >= 0.6 is 0 Å². The molecule has 1 spiro atoms. The van der Waals surface area contributed by atoms with Gasteiger partial charge in [-0.1, -0.05) is 26.0 Å². The van der Waals surface area contributed by atoms with E-state index < -0.39 is 5.97 Å². The van der Waals surface area contributed by atoms with Crippen molar-refractivity contribution in [2.75, 3.05) is 0 Å². The van der Waals surface area contributed by atoms with Crippen LogP contribution in [0.25, 0.3) is 0 Å². The molecule has 1 aromatic carbocycles. The molecular weight excluding hydrogens is 384 g/mol. The maximum atomic E-state index is 11.1. The summed E-state index contributed by atoms with van der Waals surface area (Å²) in [7, 11) is 0. The average Bonchev–Trinajstić information content (AvgIpc) is 2.96. The van der Waals surface area contributed by atoms with Gasteiger partial charge in [0.2, 0.25) is 0 Å². The van der Waals surface area contributed by atoms with E-state index in [1.54, 1.807) is 12.1 Å². The molecule has 3 heterocycles. The SMILES string of the molecule is C[C@H]1[C@@H](OCc2ccc(C(=O)O)cc2)O[C@@H]2C[C@]3(C)CC[C@H]4[C@H](C)CC[C@@H]1[C@@]24OO3. The maximum absolute atomic E-state index is 11.1. The Morgan fingerprint density at radius 2 is 1.90 bits per heavy atom. The van der Waals surface area contributed by atoms with Crippen molar-refractivity contribution in [3.63, 3.8) is 0 Å². The number of carboxylic acids is 1. The zero-order valence-corrected chi connectivity index (χ0v) is 18.0. The number of fused-ring (bicyclic) bond motifs is 2. The summed E-state index contributed by atoms with van der Waals surface area (Å²) in [5.41, 5.74) is 0.566. The van der Waals surface area contributed by atoms with E-state index >= 15 is 0 Å². The van der Waals surface area contributed by atoms with E-state index in [9.17, 15) is 4.79 Å². The largest absolute Gasteiger partial charge is 0.478 e. The Labute approximate surface area is 177 Å². The molecule has 2 saturated carbocycles. The molecule has 6 nitrogen and oxygen atoms in total. The summed E-state index contributed by atoms with van der Waals surface area (Å²) in [6, 6.07) is 6.85. The zero-order valence-electron chi connectivity index (χ0n) is 18.0. The van der Waals surface area contributed by atoms with Crippen molar-refractivity contribution in [1.29, 1.82) is 0 Å². The van der Waals surface area contributed by atoms with Gasteiger partial charge in [0.15, 0.2) is 6.29 Å². The Balaban J connectivity index is 1.37. The Morgan fingerprint density at radius 1 is 1.13 bits per heavy atom. The van der Waals surface area contributed by atoms with E-state index in [4.69, 9.17) is 24.4 Å². The predicted octanol–water partition coefficient (Wildman–Crippen LogP) is 4.57. The first-order chi connectivity index (χ1) is 14.3. The van der Waals surface area contributed by atoms with Gasteiger partial charge in [-0.05, 0) is 62.1 Å². The molecule has 30 heavy (non-hydrogen) atoms. The summed E-state index contributed by atoms with van der Waals surface area (Å²) >= 11 is 0. The molecular formula is C24H32O6. The Bertz CT molecular complexity index is 808. The van der Waals surface area contributed by atoms with Crippen LogP contribution in [-0.2, 0) is 25.9 Å². The van der Waals surface area contributed by atoms with Crippen molar-refractivity contribution in [3.05, 3.63) is 35.4 Å². The number of ether oxygens (including phenoxy) is 2. The third-order valence-electron chi connectivity index (χ3n) is 8.25. The summed E-state index contributed by atoms with van der Waals surface area (Å²) in [6.07, 6.45) is 4.96. The fourth-order valence-corrected chi connectivity index (χ4v) is 6.53. The molecule has 0 unspecified atom stereocenters. The van der Waals surface area contributed by atoms with Gasteiger partial charge in [-0.2, -0.15) is 0 Å². The monoisotopic (exact) mass is 416 g/mol. The third-order valence-corrected chi connectivity index (χ3v) is 8.25. The number of benzene rings is 1. The van der Waals surface area contributed by atoms with E-state index in [0.29, 0.717) is 24.4 Å². The minimum atomic E-state index is -0.919. The minimum Gasteiger partial charge on any atom is -0.478 e. The second-order valence-corrected chi connectivity index (χ2v) is 10.1. The number of hydrogen-bond acceptors (Lipinski definition) is 5. The first-order valence-electron chi connectivity index (χ1n) is 11.3. The third kappa shape index (κ3) is 3.11. The summed E-state index contributed by atoms with van der Waals surface area (Å²) in [5.74, 6) is 0.684. The lowest BCUT2D eigenvalue weighted by Crippen LogP contribution is -2.69. The molecule has 3 saturated heterocycles. The van der Waals surface area contributed by atoms with Crippen molar-refractivity contribution in [2.24, 2.45) is 23.7 Å². The van der Waals surface area contributed by atoms with Gasteiger partial charge in [0, 0.05) is 18.3 Å². The van der Waals surface area contributed by atoms with Gasteiger partial charge in [0.1, 0.15) is 11.2 Å². The second kappa shape index (κ2) is 7.30. The van der Waals surface area contributed by atoms with Crippen LogP contribution in [0.1, 0.15) is 68.8 Å². The van der Waals surface area contributed by atoms with Crippen LogP contribution in [-0.4, -0.2) is 34.7 Å². The number of rotatable bonds is 4. The van der Waals surface area contributed by atoms with Crippen molar-refractivity contribution in [2.45, 2.75) is 83.1 Å². The molecule has 6 heteroatoms. The molecule has 164 valence electrons. The second-order valence-electron chi connectivity index (χ2n) is 10.1. The molecule has 1 N–H and O–H groups in total. The summed E-state index contributed by atoms with van der Waals surface area (Å²) in [4.78, 5) is 23.4. The number of carboxylic acid groups (broad SMARTS) is 1. The molecule has 6 rings (SSSR count). The van der Waals surface area contributed by atoms with Crippen molar-refractivity contribution in [3.8, 4) is 0 Å². The summed E-state index contributed by atoms with van der Waals surface area (Å²) in [6.45, 7) is 7.10. The molecule has 3 aliphatic heterocycles. The Morgan fingerprint density at radius 3 is 2.63 bits per heavy atom. The summed E-state index contributed by atoms with van der Waals surface area (Å²) < 4.78 is 12.9. The van der Waals surface area contributed by atoms with Gasteiger partial charge >= 0.3 is 5.97 Å². The minimum absolute atomic E-state index is 0.0212. The lowest BCUT2D eigenvalue weighted by Gasteiger charge is -2.61. The maximum Gasteiger partial charge on any atom is 0.335 e. The smallest absolute Gasteiger partial charge is 0.335 e. The lowest BCUT2D eigenvalue weighted by atomic mass is 9.56. The van der Waals surface area contributed by atoms with Gasteiger partial charge in [0.25, 0.3) is 0 Å². The number of aromatic carboxylic acids is 1. The van der Waals surface area contributed by atoms with Crippen LogP contribution < -0.4 is 0 Å². The quantitative estimate of drug-likeness (QED) is 0.725. The Kier molecular flexibility index (Phi) is 4.97.